The van der Waals surface area contributed by atoms with E-state index in [1.54, 1.807) is 0 Å². The molecule has 8 heteroatoms. The van der Waals surface area contributed by atoms with Crippen molar-refractivity contribution in [3.05, 3.63) is 0 Å². The molecule has 1 heterocycles. The lowest BCUT2D eigenvalue weighted by Gasteiger charge is -2.35. The fourth-order valence-corrected chi connectivity index (χ4v) is 3.61. The van der Waals surface area contributed by atoms with Crippen LogP contribution in [0.1, 0.15) is 39.5 Å². The molecule has 4 N–H and O–H groups in total. The lowest BCUT2D eigenvalue weighted by molar-refractivity contribution is -0.119. The van der Waals surface area contributed by atoms with Gasteiger partial charge in [-0.2, -0.15) is 0 Å². The molecule has 0 aromatic heterocycles. The van der Waals surface area contributed by atoms with E-state index >= 15 is 0 Å². The molecule has 28 heavy (non-hydrogen) atoms. The van der Waals surface area contributed by atoms with Crippen LogP contribution < -0.4 is 11.5 Å². The van der Waals surface area contributed by atoms with E-state index in [0.717, 1.165) is 65.2 Å². The highest BCUT2D eigenvalue weighted by atomic mass is 16.1. The summed E-state index contributed by atoms with van der Waals surface area (Å²) >= 11 is 0. The van der Waals surface area contributed by atoms with Gasteiger partial charge in [-0.3, -0.25) is 19.4 Å². The van der Waals surface area contributed by atoms with Crippen molar-refractivity contribution in [3.8, 4) is 0 Å². The number of rotatable bonds is 6. The largest absolute Gasteiger partial charge is 0.370 e. The Hall–Kier alpha value is -1.22. The molecule has 0 bridgehead atoms. The molecule has 2 atom stereocenters. The molecule has 0 saturated carbocycles. The minimum atomic E-state index is -0.234. The van der Waals surface area contributed by atoms with Gasteiger partial charge in [0, 0.05) is 64.2 Å². The molecular weight excluding hydrogens is 356 g/mol. The van der Waals surface area contributed by atoms with E-state index in [1.807, 2.05) is 0 Å². The number of hydrogen-bond acceptors (Lipinski definition) is 6. The van der Waals surface area contributed by atoms with E-state index in [9.17, 15) is 9.59 Å². The van der Waals surface area contributed by atoms with E-state index in [4.69, 9.17) is 11.5 Å². The molecular formula is C20H42N6O2. The van der Waals surface area contributed by atoms with Crippen molar-refractivity contribution < 1.29 is 9.59 Å². The Labute approximate surface area is 171 Å². The van der Waals surface area contributed by atoms with Gasteiger partial charge in [-0.25, -0.2) is 0 Å². The summed E-state index contributed by atoms with van der Waals surface area (Å²) in [6, 6.07) is 0.811. The number of likely N-dealkylation sites (N-methyl/N-ethyl adjacent to an activating group) is 2. The van der Waals surface area contributed by atoms with Crippen molar-refractivity contribution >= 4 is 11.8 Å². The topological polar surface area (TPSA) is 99.1 Å². The van der Waals surface area contributed by atoms with Crippen LogP contribution in [-0.4, -0.2) is 110 Å². The minimum Gasteiger partial charge on any atom is -0.370 e. The summed E-state index contributed by atoms with van der Waals surface area (Å²) in [4.78, 5) is 32.0. The quantitative estimate of drug-likeness (QED) is 0.642. The van der Waals surface area contributed by atoms with Gasteiger partial charge in [0.05, 0.1) is 0 Å². The summed E-state index contributed by atoms with van der Waals surface area (Å²) in [7, 11) is 4.30. The highest BCUT2D eigenvalue weighted by molar-refractivity contribution is 5.74. The van der Waals surface area contributed by atoms with Crippen molar-refractivity contribution in [1.82, 2.24) is 19.6 Å². The highest BCUT2D eigenvalue weighted by Crippen LogP contribution is 2.10. The van der Waals surface area contributed by atoms with Crippen LogP contribution in [0.25, 0.3) is 0 Å². The van der Waals surface area contributed by atoms with E-state index < -0.39 is 0 Å². The smallest absolute Gasteiger partial charge is 0.218 e. The van der Waals surface area contributed by atoms with Crippen LogP contribution in [0, 0.1) is 0 Å². The fourth-order valence-electron chi connectivity index (χ4n) is 3.61. The molecule has 0 aromatic rings. The number of carbonyl (C=O) groups is 2. The van der Waals surface area contributed by atoms with Crippen LogP contribution in [-0.2, 0) is 9.59 Å². The summed E-state index contributed by atoms with van der Waals surface area (Å²) in [6.07, 6.45) is 2.93. The normalized spacial score (nSPS) is 26.0. The predicted molar refractivity (Wildman–Crippen MR) is 114 cm³/mol. The predicted octanol–water partition coefficient (Wildman–Crippen LogP) is -0.224. The molecule has 0 aliphatic carbocycles. The first kappa shape index (κ1) is 24.8. The Balaban J connectivity index is 2.74. The van der Waals surface area contributed by atoms with Crippen LogP contribution in [0.2, 0.25) is 0 Å². The van der Waals surface area contributed by atoms with Gasteiger partial charge in [-0.1, -0.05) is 0 Å². The average molecular weight is 399 g/mol. The first-order chi connectivity index (χ1) is 13.2. The van der Waals surface area contributed by atoms with Gasteiger partial charge in [0.25, 0.3) is 0 Å². The number of amides is 2. The van der Waals surface area contributed by atoms with Crippen LogP contribution in [0.5, 0.6) is 0 Å². The average Bonchev–Trinajstić information content (AvgIpc) is 2.63. The maximum absolute atomic E-state index is 11.2. The van der Waals surface area contributed by atoms with Crippen LogP contribution in [0.3, 0.4) is 0 Å². The zero-order valence-corrected chi connectivity index (χ0v) is 18.4. The van der Waals surface area contributed by atoms with E-state index in [2.05, 4.69) is 47.5 Å². The lowest BCUT2D eigenvalue weighted by Crippen LogP contribution is -2.45. The van der Waals surface area contributed by atoms with E-state index in [1.165, 1.54) is 0 Å². The number of primary amides is 2. The van der Waals surface area contributed by atoms with Gasteiger partial charge >= 0.3 is 0 Å². The molecule has 1 aliphatic rings. The van der Waals surface area contributed by atoms with Crippen molar-refractivity contribution in [1.29, 1.82) is 0 Å². The SMILES string of the molecule is CC1CCN(C)CCN(CCC(N)=O)C(C)CCN(C)CCN1CCC(N)=O. The van der Waals surface area contributed by atoms with Crippen molar-refractivity contribution in [3.63, 3.8) is 0 Å². The Kier molecular flexibility index (Phi) is 11.6. The third-order valence-electron chi connectivity index (χ3n) is 5.93. The Morgan fingerprint density at radius 3 is 1.39 bits per heavy atom. The van der Waals surface area contributed by atoms with Gasteiger partial charge in [-0.05, 0) is 53.9 Å². The summed E-state index contributed by atoms with van der Waals surface area (Å²) in [5, 5.41) is 0. The molecule has 1 fully saturated rings. The fraction of sp³-hybridized carbons (Fsp3) is 0.900. The maximum Gasteiger partial charge on any atom is 0.218 e. The van der Waals surface area contributed by atoms with Gasteiger partial charge in [0.15, 0.2) is 0 Å². The monoisotopic (exact) mass is 398 g/mol. The molecule has 164 valence electrons. The highest BCUT2D eigenvalue weighted by Gasteiger charge is 2.19. The Morgan fingerprint density at radius 1 is 0.714 bits per heavy atom. The second-order valence-corrected chi connectivity index (χ2v) is 8.39. The molecule has 1 aliphatic heterocycles. The number of carbonyl (C=O) groups excluding carboxylic acids is 2. The second kappa shape index (κ2) is 13.1. The molecule has 0 radical (unpaired) electrons. The molecule has 0 aromatic carbocycles. The Morgan fingerprint density at radius 2 is 1.07 bits per heavy atom. The second-order valence-electron chi connectivity index (χ2n) is 8.39. The molecule has 1 saturated heterocycles. The third-order valence-corrected chi connectivity index (χ3v) is 5.93. The lowest BCUT2D eigenvalue weighted by atomic mass is 10.1. The van der Waals surface area contributed by atoms with E-state index in [-0.39, 0.29) is 11.8 Å². The molecule has 0 spiro atoms. The van der Waals surface area contributed by atoms with Gasteiger partial charge in [0.2, 0.25) is 11.8 Å². The van der Waals surface area contributed by atoms with E-state index in [0.29, 0.717) is 24.9 Å². The number of nitrogens with two attached hydrogens (primary N) is 2. The van der Waals surface area contributed by atoms with Gasteiger partial charge in [-0.15, -0.1) is 0 Å². The maximum atomic E-state index is 11.2. The van der Waals surface area contributed by atoms with Crippen molar-refractivity contribution in [2.45, 2.75) is 51.6 Å². The summed E-state index contributed by atoms with van der Waals surface area (Å²) in [5.74, 6) is -0.469. The first-order valence-corrected chi connectivity index (χ1v) is 10.6. The minimum absolute atomic E-state index is 0.234. The first-order valence-electron chi connectivity index (χ1n) is 10.6. The number of hydrogen-bond donors (Lipinski definition) is 2. The van der Waals surface area contributed by atoms with Crippen LogP contribution >= 0.6 is 0 Å². The van der Waals surface area contributed by atoms with Gasteiger partial charge < -0.3 is 21.3 Å². The molecule has 2 amide bonds. The van der Waals surface area contributed by atoms with Gasteiger partial charge in [0.1, 0.15) is 0 Å². The zero-order valence-electron chi connectivity index (χ0n) is 18.4. The standard InChI is InChI=1S/C20H42N6O2/c1-17-5-9-23(3)14-16-26(12-8-20(22)28)18(2)6-10-24(4)13-15-25(17)11-7-19(21)27/h17-18H,5-16H2,1-4H3,(H2,21,27)(H2,22,28). The summed E-state index contributed by atoms with van der Waals surface area (Å²) in [6.45, 7) is 11.7. The summed E-state index contributed by atoms with van der Waals surface area (Å²) < 4.78 is 0. The third kappa shape index (κ3) is 10.4. The molecule has 1 rings (SSSR count). The molecule has 2 unspecified atom stereocenters. The Bertz CT molecular complexity index is 434. The number of nitrogens with zero attached hydrogens (tertiary/aromatic N) is 4. The molecule has 8 nitrogen and oxygen atoms in total. The summed E-state index contributed by atoms with van der Waals surface area (Å²) in [5.41, 5.74) is 10.7. The van der Waals surface area contributed by atoms with Crippen molar-refractivity contribution in [2.24, 2.45) is 11.5 Å². The van der Waals surface area contributed by atoms with Crippen LogP contribution in [0.15, 0.2) is 0 Å². The van der Waals surface area contributed by atoms with Crippen LogP contribution in [0.4, 0.5) is 0 Å². The zero-order chi connectivity index (χ0) is 21.1. The van der Waals surface area contributed by atoms with Crippen molar-refractivity contribution in [2.75, 3.05) is 66.5 Å².